The number of thioether (sulfide) groups is 1. The highest BCUT2D eigenvalue weighted by atomic mass is 32.2. The van der Waals surface area contributed by atoms with Crippen molar-refractivity contribution >= 4 is 23.4 Å². The average molecular weight is 398 g/mol. The summed E-state index contributed by atoms with van der Waals surface area (Å²) in [4.78, 5) is 37.7. The maximum absolute atomic E-state index is 12.2. The Morgan fingerprint density at radius 1 is 1.18 bits per heavy atom. The van der Waals surface area contributed by atoms with Crippen molar-refractivity contribution in [3.63, 3.8) is 0 Å². The minimum absolute atomic E-state index is 0.0290. The molecule has 28 heavy (non-hydrogen) atoms. The Bertz CT molecular complexity index is 1070. The van der Waals surface area contributed by atoms with Gasteiger partial charge in [-0.3, -0.25) is 14.0 Å². The summed E-state index contributed by atoms with van der Waals surface area (Å²) in [5, 5.41) is 0.727. The third-order valence-electron chi connectivity index (χ3n) is 4.48. The van der Waals surface area contributed by atoms with E-state index < -0.39 is 0 Å². The molecule has 0 bridgehead atoms. The highest BCUT2D eigenvalue weighted by molar-refractivity contribution is 7.98. The first-order chi connectivity index (χ1) is 13.4. The molecule has 0 N–H and O–H groups in total. The van der Waals surface area contributed by atoms with E-state index in [9.17, 15) is 9.59 Å². The zero-order chi connectivity index (χ0) is 20.3. The van der Waals surface area contributed by atoms with Crippen LogP contribution in [0.25, 0.3) is 5.65 Å². The van der Waals surface area contributed by atoms with Gasteiger partial charge in [0, 0.05) is 30.1 Å². The number of hydrogen-bond acceptors (Lipinski definition) is 7. The van der Waals surface area contributed by atoms with Crippen LogP contribution in [0.1, 0.15) is 34.6 Å². The van der Waals surface area contributed by atoms with Gasteiger partial charge in [-0.05, 0) is 50.6 Å². The standard InChI is InChI=1S/C20H22N4O3S/c1-12-6-5-9-24-17(25)10-15(23-19(12)24)11-27-18(26)8-7-16-13(2)21-20(28-4)22-14(16)3/h5-6,9-10H,7-8,11H2,1-4H3. The summed E-state index contributed by atoms with van der Waals surface area (Å²) in [6.07, 6.45) is 4.33. The predicted molar refractivity (Wildman–Crippen MR) is 108 cm³/mol. The number of nitrogens with zero attached hydrogens (tertiary/aromatic N) is 4. The molecule has 0 aliphatic heterocycles. The molecule has 3 aromatic rings. The molecule has 0 aliphatic carbocycles. The maximum Gasteiger partial charge on any atom is 0.306 e. The third kappa shape index (κ3) is 4.39. The van der Waals surface area contributed by atoms with Gasteiger partial charge in [0.15, 0.2) is 5.16 Å². The van der Waals surface area contributed by atoms with Crippen LogP contribution in [0, 0.1) is 20.8 Å². The van der Waals surface area contributed by atoms with E-state index >= 15 is 0 Å². The van der Waals surface area contributed by atoms with Crippen molar-refractivity contribution in [3.8, 4) is 0 Å². The topological polar surface area (TPSA) is 86.5 Å². The number of ether oxygens (including phenoxy) is 1. The fraction of sp³-hybridized carbons (Fsp3) is 0.350. The molecular weight excluding hydrogens is 376 g/mol. The van der Waals surface area contributed by atoms with E-state index in [-0.39, 0.29) is 24.6 Å². The van der Waals surface area contributed by atoms with Crippen LogP contribution < -0.4 is 5.56 Å². The van der Waals surface area contributed by atoms with E-state index in [1.165, 1.54) is 22.2 Å². The highest BCUT2D eigenvalue weighted by Gasteiger charge is 2.12. The van der Waals surface area contributed by atoms with Crippen LogP contribution in [0.15, 0.2) is 34.3 Å². The number of rotatable bonds is 6. The SMILES string of the molecule is CSc1nc(C)c(CCC(=O)OCc2cc(=O)n3cccc(C)c3n2)c(C)n1. The van der Waals surface area contributed by atoms with Gasteiger partial charge >= 0.3 is 5.97 Å². The zero-order valence-corrected chi connectivity index (χ0v) is 17.2. The molecule has 0 amide bonds. The summed E-state index contributed by atoms with van der Waals surface area (Å²) < 4.78 is 6.80. The Balaban J connectivity index is 1.65. The maximum atomic E-state index is 12.2. The van der Waals surface area contributed by atoms with Crippen LogP contribution in [0.4, 0.5) is 0 Å². The number of hydrogen-bond donors (Lipinski definition) is 0. The molecule has 3 aromatic heterocycles. The molecule has 0 spiro atoms. The van der Waals surface area contributed by atoms with E-state index in [0.29, 0.717) is 17.8 Å². The molecule has 0 unspecified atom stereocenters. The predicted octanol–water partition coefficient (Wildman–Crippen LogP) is 2.81. The van der Waals surface area contributed by atoms with Crippen molar-refractivity contribution < 1.29 is 9.53 Å². The van der Waals surface area contributed by atoms with Crippen LogP contribution in [0.2, 0.25) is 0 Å². The number of pyridine rings is 1. The number of fused-ring (bicyclic) bond motifs is 1. The van der Waals surface area contributed by atoms with Crippen LogP contribution in [-0.2, 0) is 22.6 Å². The number of carbonyl (C=O) groups is 1. The van der Waals surface area contributed by atoms with Crippen molar-refractivity contribution in [2.75, 3.05) is 6.26 Å². The molecule has 0 aromatic carbocycles. The number of carbonyl (C=O) groups excluding carboxylic acids is 1. The molecule has 0 atom stereocenters. The molecule has 3 rings (SSSR count). The lowest BCUT2D eigenvalue weighted by molar-refractivity contribution is -0.145. The van der Waals surface area contributed by atoms with Crippen molar-refractivity contribution in [1.82, 2.24) is 19.4 Å². The Kier molecular flexibility index (Phi) is 6.08. The first-order valence-corrected chi connectivity index (χ1v) is 10.1. The Hall–Kier alpha value is -2.74. The molecule has 0 saturated heterocycles. The van der Waals surface area contributed by atoms with Gasteiger partial charge in [-0.2, -0.15) is 0 Å². The number of aromatic nitrogens is 4. The Labute approximate surface area is 167 Å². The molecule has 0 radical (unpaired) electrons. The lowest BCUT2D eigenvalue weighted by Crippen LogP contribution is -2.17. The molecule has 3 heterocycles. The average Bonchev–Trinajstić information content (AvgIpc) is 2.66. The Morgan fingerprint density at radius 3 is 2.57 bits per heavy atom. The summed E-state index contributed by atoms with van der Waals surface area (Å²) in [5.41, 5.74) is 4.41. The summed E-state index contributed by atoms with van der Waals surface area (Å²) in [5.74, 6) is -0.348. The van der Waals surface area contributed by atoms with E-state index in [4.69, 9.17) is 4.74 Å². The molecule has 146 valence electrons. The second-order valence-corrected chi connectivity index (χ2v) is 7.26. The monoisotopic (exact) mass is 398 g/mol. The summed E-state index contributed by atoms with van der Waals surface area (Å²) >= 11 is 1.49. The fourth-order valence-electron chi connectivity index (χ4n) is 3.00. The Morgan fingerprint density at radius 2 is 1.89 bits per heavy atom. The molecule has 0 saturated carbocycles. The molecule has 0 aliphatic rings. The normalized spacial score (nSPS) is 11.0. The highest BCUT2D eigenvalue weighted by Crippen LogP contribution is 2.17. The number of aryl methyl sites for hydroxylation is 3. The summed E-state index contributed by atoms with van der Waals surface area (Å²) in [7, 11) is 0. The van der Waals surface area contributed by atoms with Gasteiger partial charge in [0.25, 0.3) is 5.56 Å². The summed E-state index contributed by atoms with van der Waals surface area (Å²) in [6, 6.07) is 5.07. The fourth-order valence-corrected chi connectivity index (χ4v) is 3.45. The van der Waals surface area contributed by atoms with Crippen molar-refractivity contribution in [2.24, 2.45) is 0 Å². The molecule has 8 heteroatoms. The minimum atomic E-state index is -0.348. The van der Waals surface area contributed by atoms with Crippen LogP contribution in [-0.4, -0.2) is 31.6 Å². The van der Waals surface area contributed by atoms with E-state index in [0.717, 1.165) is 27.7 Å². The second-order valence-electron chi connectivity index (χ2n) is 6.49. The van der Waals surface area contributed by atoms with Crippen molar-refractivity contribution in [3.05, 3.63) is 63.0 Å². The molecule has 0 fully saturated rings. The summed E-state index contributed by atoms with van der Waals surface area (Å²) in [6.45, 7) is 5.69. The quantitative estimate of drug-likeness (QED) is 0.358. The molecule has 7 nitrogen and oxygen atoms in total. The molecular formula is C20H22N4O3S. The van der Waals surface area contributed by atoms with Gasteiger partial charge in [-0.25, -0.2) is 15.0 Å². The smallest absolute Gasteiger partial charge is 0.306 e. The van der Waals surface area contributed by atoms with Gasteiger partial charge in [0.1, 0.15) is 12.3 Å². The van der Waals surface area contributed by atoms with Crippen molar-refractivity contribution in [2.45, 2.75) is 45.4 Å². The largest absolute Gasteiger partial charge is 0.459 e. The van der Waals surface area contributed by atoms with Gasteiger partial charge in [0.05, 0.1) is 5.69 Å². The van der Waals surface area contributed by atoms with Gasteiger partial charge in [-0.1, -0.05) is 17.8 Å². The van der Waals surface area contributed by atoms with Gasteiger partial charge < -0.3 is 4.74 Å². The lowest BCUT2D eigenvalue weighted by atomic mass is 10.1. The van der Waals surface area contributed by atoms with Gasteiger partial charge in [-0.15, -0.1) is 0 Å². The first-order valence-electron chi connectivity index (χ1n) is 8.90. The third-order valence-corrected chi connectivity index (χ3v) is 5.03. The first kappa shape index (κ1) is 20.0. The van der Waals surface area contributed by atoms with Crippen molar-refractivity contribution in [1.29, 1.82) is 0 Å². The van der Waals surface area contributed by atoms with Crippen LogP contribution in [0.3, 0.4) is 0 Å². The minimum Gasteiger partial charge on any atom is -0.459 e. The lowest BCUT2D eigenvalue weighted by Gasteiger charge is -2.10. The van der Waals surface area contributed by atoms with E-state index in [2.05, 4.69) is 15.0 Å². The van der Waals surface area contributed by atoms with E-state index in [1.807, 2.05) is 33.1 Å². The second kappa shape index (κ2) is 8.52. The van der Waals surface area contributed by atoms with Crippen LogP contribution >= 0.6 is 11.8 Å². The number of esters is 1. The van der Waals surface area contributed by atoms with Gasteiger partial charge in [0.2, 0.25) is 0 Å². The zero-order valence-electron chi connectivity index (χ0n) is 16.4. The van der Waals surface area contributed by atoms with Crippen LogP contribution in [0.5, 0.6) is 0 Å². The van der Waals surface area contributed by atoms with E-state index in [1.54, 1.807) is 12.3 Å².